The molecule has 1 aromatic heterocycles. The van der Waals surface area contributed by atoms with Crippen molar-refractivity contribution in [1.29, 1.82) is 0 Å². The van der Waals surface area contributed by atoms with E-state index in [1.54, 1.807) is 0 Å². The molecule has 4 rings (SSSR count). The number of anilines is 1. The zero-order valence-corrected chi connectivity index (χ0v) is 26.7. The zero-order chi connectivity index (χ0) is 33.3. The summed E-state index contributed by atoms with van der Waals surface area (Å²) in [5, 5.41) is 20.0. The van der Waals surface area contributed by atoms with Gasteiger partial charge < -0.3 is 21.1 Å². The molecular formula is C34H38FN5O5S. The van der Waals surface area contributed by atoms with Crippen molar-refractivity contribution in [3.8, 4) is 0 Å². The first-order valence-electron chi connectivity index (χ1n) is 14.7. The van der Waals surface area contributed by atoms with Gasteiger partial charge in [0.05, 0.1) is 36.3 Å². The van der Waals surface area contributed by atoms with Crippen LogP contribution in [0.1, 0.15) is 50.4 Å². The quantitative estimate of drug-likeness (QED) is 0.164. The molecule has 0 aliphatic rings. The Kier molecular flexibility index (Phi) is 11.6. The lowest BCUT2D eigenvalue weighted by molar-refractivity contribution is 0.0830. The number of halogens is 1. The molecule has 0 saturated carbocycles. The Morgan fingerprint density at radius 2 is 1.50 bits per heavy atom. The molecule has 2 amide bonds. The molecule has 0 saturated heterocycles. The molecule has 4 aromatic rings. The fourth-order valence-electron chi connectivity index (χ4n) is 4.81. The van der Waals surface area contributed by atoms with Crippen LogP contribution in [0.25, 0.3) is 0 Å². The molecule has 12 heteroatoms. The van der Waals surface area contributed by atoms with Gasteiger partial charge in [-0.2, -0.15) is 0 Å². The first-order chi connectivity index (χ1) is 21.9. The minimum Gasteiger partial charge on any atom is -0.390 e. The fourth-order valence-corrected chi connectivity index (χ4v) is 5.30. The van der Waals surface area contributed by atoms with Crippen LogP contribution >= 0.6 is 0 Å². The predicted octanol–water partition coefficient (Wildman–Crippen LogP) is 3.60. The van der Waals surface area contributed by atoms with Crippen LogP contribution in [-0.4, -0.2) is 62.3 Å². The number of aliphatic hydroxyl groups is 1. The SMILES string of the molecule is C[C@@H](NC(=O)c1cc(C(=O)N[C@@H](Cc2ccccc2)[C@H](O)CNCc2cncc(F)c2)cc(N(C)S(C)(=O)=O)c1)c1ccccc1. The van der Waals surface area contributed by atoms with E-state index in [9.17, 15) is 27.5 Å². The maximum absolute atomic E-state index is 13.7. The number of hydrogen-bond acceptors (Lipinski definition) is 7. The molecule has 0 bridgehead atoms. The average molecular weight is 648 g/mol. The van der Waals surface area contributed by atoms with Crippen LogP contribution in [0.4, 0.5) is 10.1 Å². The van der Waals surface area contributed by atoms with Gasteiger partial charge in [-0.1, -0.05) is 60.7 Å². The molecule has 242 valence electrons. The number of hydrogen-bond donors (Lipinski definition) is 4. The van der Waals surface area contributed by atoms with E-state index in [0.717, 1.165) is 27.9 Å². The van der Waals surface area contributed by atoms with Crippen LogP contribution < -0.4 is 20.3 Å². The summed E-state index contributed by atoms with van der Waals surface area (Å²) in [5.41, 5.74) is 2.58. The van der Waals surface area contributed by atoms with Crippen molar-refractivity contribution in [2.24, 2.45) is 0 Å². The van der Waals surface area contributed by atoms with Crippen molar-refractivity contribution >= 4 is 27.5 Å². The molecule has 0 aliphatic carbocycles. The van der Waals surface area contributed by atoms with Crippen LogP contribution in [0.3, 0.4) is 0 Å². The first kappa shape index (κ1) is 34.2. The van der Waals surface area contributed by atoms with Gasteiger partial charge in [0.25, 0.3) is 11.8 Å². The summed E-state index contributed by atoms with van der Waals surface area (Å²) in [4.78, 5) is 30.9. The molecule has 1 heterocycles. The second-order valence-electron chi connectivity index (χ2n) is 11.1. The molecule has 0 fully saturated rings. The van der Waals surface area contributed by atoms with Crippen LogP contribution in [0, 0.1) is 5.82 Å². The summed E-state index contributed by atoms with van der Waals surface area (Å²) in [7, 11) is -2.39. The monoisotopic (exact) mass is 647 g/mol. The standard InChI is InChI=1S/C34H38FN5O5S/c1-23(26-12-8-5-9-13-26)38-33(42)27-16-28(18-30(17-27)40(2)46(3,44)45)34(43)39-31(15-24-10-6-4-7-11-24)32(41)22-37-20-25-14-29(35)21-36-19-25/h4-14,16-19,21,23,31-32,37,41H,15,20,22H2,1-3H3,(H,38,42)(H,39,43)/t23-,31+,32-/m1/s1. The van der Waals surface area contributed by atoms with Gasteiger partial charge in [0, 0.05) is 37.5 Å². The van der Waals surface area contributed by atoms with E-state index in [1.807, 2.05) is 67.6 Å². The number of aliphatic hydroxyl groups excluding tert-OH is 1. The van der Waals surface area contributed by atoms with Gasteiger partial charge in [-0.25, -0.2) is 12.8 Å². The number of rotatable bonds is 14. The van der Waals surface area contributed by atoms with Gasteiger partial charge in [0.15, 0.2) is 0 Å². The largest absolute Gasteiger partial charge is 0.390 e. The first-order valence-corrected chi connectivity index (χ1v) is 16.5. The summed E-state index contributed by atoms with van der Waals surface area (Å²) in [5.74, 6) is -1.57. The topological polar surface area (TPSA) is 141 Å². The number of carbonyl (C=O) groups is 2. The minimum atomic E-state index is -3.73. The number of carbonyl (C=O) groups excluding carboxylic acids is 2. The Bertz CT molecular complexity index is 1740. The summed E-state index contributed by atoms with van der Waals surface area (Å²) in [6, 6.07) is 23.0. The third-order valence-corrected chi connectivity index (χ3v) is 8.68. The van der Waals surface area contributed by atoms with E-state index in [-0.39, 0.29) is 42.4 Å². The second kappa shape index (κ2) is 15.6. The highest BCUT2D eigenvalue weighted by Gasteiger charge is 2.25. The van der Waals surface area contributed by atoms with E-state index in [0.29, 0.717) is 5.56 Å². The normalized spacial score (nSPS) is 13.3. The van der Waals surface area contributed by atoms with Gasteiger partial charge in [0.1, 0.15) is 5.82 Å². The Balaban J connectivity index is 1.58. The summed E-state index contributed by atoms with van der Waals surface area (Å²) >= 11 is 0. The Morgan fingerprint density at radius 3 is 2.11 bits per heavy atom. The maximum Gasteiger partial charge on any atom is 0.251 e. The lowest BCUT2D eigenvalue weighted by Crippen LogP contribution is -2.48. The lowest BCUT2D eigenvalue weighted by atomic mass is 10.00. The van der Waals surface area contributed by atoms with Crippen molar-refractivity contribution in [2.75, 3.05) is 24.2 Å². The number of sulfonamides is 1. The second-order valence-corrected chi connectivity index (χ2v) is 13.1. The van der Waals surface area contributed by atoms with E-state index in [2.05, 4.69) is 20.9 Å². The van der Waals surface area contributed by atoms with Crippen molar-refractivity contribution in [1.82, 2.24) is 20.9 Å². The number of benzene rings is 3. The van der Waals surface area contributed by atoms with Crippen molar-refractivity contribution in [3.63, 3.8) is 0 Å². The van der Waals surface area contributed by atoms with Crippen LogP contribution in [0.15, 0.2) is 97.3 Å². The molecule has 3 atom stereocenters. The number of nitrogens with one attached hydrogen (secondary N) is 3. The van der Waals surface area contributed by atoms with Gasteiger partial charge in [-0.05, 0) is 54.3 Å². The zero-order valence-electron chi connectivity index (χ0n) is 25.9. The number of nitrogens with zero attached hydrogens (tertiary/aromatic N) is 2. The number of aromatic nitrogens is 1. The van der Waals surface area contributed by atoms with Crippen LogP contribution in [-0.2, 0) is 23.0 Å². The van der Waals surface area contributed by atoms with Crippen LogP contribution in [0.5, 0.6) is 0 Å². The van der Waals surface area contributed by atoms with Crippen LogP contribution in [0.2, 0.25) is 0 Å². The average Bonchev–Trinajstić information content (AvgIpc) is 3.04. The van der Waals surface area contributed by atoms with E-state index >= 15 is 0 Å². The molecule has 0 radical (unpaired) electrons. The predicted molar refractivity (Wildman–Crippen MR) is 175 cm³/mol. The van der Waals surface area contributed by atoms with E-state index in [1.165, 1.54) is 37.5 Å². The van der Waals surface area contributed by atoms with Crippen molar-refractivity contribution in [3.05, 3.63) is 131 Å². The van der Waals surface area contributed by atoms with Gasteiger partial charge in [0.2, 0.25) is 10.0 Å². The van der Waals surface area contributed by atoms with E-state index < -0.39 is 39.8 Å². The highest BCUT2D eigenvalue weighted by molar-refractivity contribution is 7.92. The van der Waals surface area contributed by atoms with Gasteiger partial charge in [-0.3, -0.25) is 18.9 Å². The Hall–Kier alpha value is -4.65. The smallest absolute Gasteiger partial charge is 0.251 e. The minimum absolute atomic E-state index is 0.0366. The van der Waals surface area contributed by atoms with Crippen molar-refractivity contribution < 1.29 is 27.5 Å². The summed E-state index contributed by atoms with van der Waals surface area (Å²) in [6.45, 7) is 2.13. The van der Waals surface area contributed by atoms with Gasteiger partial charge >= 0.3 is 0 Å². The molecule has 3 aromatic carbocycles. The van der Waals surface area contributed by atoms with Gasteiger partial charge in [-0.15, -0.1) is 0 Å². The lowest BCUT2D eigenvalue weighted by Gasteiger charge is -2.25. The molecule has 4 N–H and O–H groups in total. The fraction of sp³-hybridized carbons (Fsp3) is 0.265. The third kappa shape index (κ3) is 9.67. The summed E-state index contributed by atoms with van der Waals surface area (Å²) in [6.07, 6.45) is 2.85. The highest BCUT2D eigenvalue weighted by Crippen LogP contribution is 2.22. The maximum atomic E-state index is 13.7. The molecule has 0 unspecified atom stereocenters. The Labute approximate surface area is 268 Å². The third-order valence-electron chi connectivity index (χ3n) is 7.47. The molecule has 0 spiro atoms. The molecular weight excluding hydrogens is 609 g/mol. The summed E-state index contributed by atoms with van der Waals surface area (Å²) < 4.78 is 39.3. The highest BCUT2D eigenvalue weighted by atomic mass is 32.2. The number of amides is 2. The molecule has 46 heavy (non-hydrogen) atoms. The Morgan fingerprint density at radius 1 is 0.891 bits per heavy atom. The van der Waals surface area contributed by atoms with Crippen molar-refractivity contribution in [2.45, 2.75) is 38.1 Å². The molecule has 10 nitrogen and oxygen atoms in total. The molecule has 0 aliphatic heterocycles. The van der Waals surface area contributed by atoms with E-state index in [4.69, 9.17) is 0 Å². The number of pyridine rings is 1.